The number of hydrogen-bond donors (Lipinski definition) is 1. The molecule has 0 amide bonds. The number of alkyl halides is 6. The quantitative estimate of drug-likeness (QED) is 0.260. The van der Waals surface area contributed by atoms with Crippen LogP contribution in [0, 0.1) is 0 Å². The van der Waals surface area contributed by atoms with Crippen LogP contribution in [0.1, 0.15) is 5.69 Å². The molecule has 0 fully saturated rings. The van der Waals surface area contributed by atoms with Gasteiger partial charge in [-0.2, -0.15) is 21.6 Å². The van der Waals surface area contributed by atoms with Crippen LogP contribution in [-0.4, -0.2) is 25.3 Å². The lowest BCUT2D eigenvalue weighted by atomic mass is 10.1. The first-order valence-electron chi connectivity index (χ1n) is 9.86. The highest BCUT2D eigenvalue weighted by Gasteiger charge is 2.46. The Morgan fingerprint density at radius 1 is 0.944 bits per heavy atom. The van der Waals surface area contributed by atoms with Crippen LogP contribution in [0.25, 0.3) is 21.3 Å². The first-order valence-corrected chi connectivity index (χ1v) is 12.2. The molecule has 4 aromatic rings. The highest BCUT2D eigenvalue weighted by atomic mass is 32.2. The molecule has 36 heavy (non-hydrogen) atoms. The fourth-order valence-corrected chi connectivity index (χ4v) is 4.48. The van der Waals surface area contributed by atoms with Crippen molar-refractivity contribution in [1.29, 1.82) is 0 Å². The van der Waals surface area contributed by atoms with Gasteiger partial charge in [-0.25, -0.2) is 4.98 Å². The van der Waals surface area contributed by atoms with E-state index in [2.05, 4.69) is 9.72 Å². The van der Waals surface area contributed by atoms with Gasteiger partial charge in [-0.15, -0.1) is 24.5 Å². The molecule has 0 spiro atoms. The number of benzene rings is 3. The third-order valence-electron chi connectivity index (χ3n) is 4.66. The van der Waals surface area contributed by atoms with Crippen molar-refractivity contribution >= 4 is 37.8 Å². The molecule has 0 radical (unpaired) electrons. The topological polar surface area (TPSA) is 77.5 Å². The summed E-state index contributed by atoms with van der Waals surface area (Å²) in [6.07, 6.45) is -4.78. The molecule has 0 unspecified atom stereocenters. The average molecular weight is 548 g/mol. The molecule has 0 atom stereocenters. The maximum atomic E-state index is 12.6. The van der Waals surface area contributed by atoms with Crippen LogP contribution in [0.4, 0.5) is 32.0 Å². The molecule has 0 aliphatic carbocycles. The van der Waals surface area contributed by atoms with Crippen LogP contribution in [0.2, 0.25) is 0 Å². The predicted molar refractivity (Wildman–Crippen MR) is 121 cm³/mol. The molecule has 0 aliphatic rings. The van der Waals surface area contributed by atoms with E-state index in [1.54, 1.807) is 23.6 Å². The Kier molecular flexibility index (Phi) is 6.75. The first-order chi connectivity index (χ1) is 16.8. The number of hydrogen-bond acceptors (Lipinski definition) is 6. The van der Waals surface area contributed by atoms with Gasteiger partial charge >= 0.3 is 21.9 Å². The molecule has 1 N–H and O–H groups in total. The van der Waals surface area contributed by atoms with Crippen molar-refractivity contribution < 1.29 is 44.2 Å². The van der Waals surface area contributed by atoms with E-state index >= 15 is 0 Å². The number of nitrogens with one attached hydrogen (secondary N) is 1. The minimum absolute atomic E-state index is 0.0351. The lowest BCUT2D eigenvalue weighted by Crippen LogP contribution is -2.29. The van der Waals surface area contributed by atoms with Crippen molar-refractivity contribution in [2.45, 2.75) is 18.5 Å². The van der Waals surface area contributed by atoms with E-state index in [1.165, 1.54) is 58.5 Å². The maximum Gasteiger partial charge on any atom is 0.573 e. The Hall–Kier alpha value is -3.52. The summed E-state index contributed by atoms with van der Waals surface area (Å²) < 4.78 is 109. The summed E-state index contributed by atoms with van der Waals surface area (Å²) >= 11 is 1.26. The second-order valence-electron chi connectivity index (χ2n) is 7.25. The van der Waals surface area contributed by atoms with Gasteiger partial charge < -0.3 is 9.47 Å². The summed E-state index contributed by atoms with van der Waals surface area (Å²) in [5, 5.41) is 3.23. The van der Waals surface area contributed by atoms with E-state index in [0.717, 1.165) is 0 Å². The number of rotatable bonds is 7. The second kappa shape index (κ2) is 9.50. The van der Waals surface area contributed by atoms with Crippen molar-refractivity contribution in [3.05, 3.63) is 71.7 Å². The summed E-state index contributed by atoms with van der Waals surface area (Å²) in [5.41, 5.74) is -4.58. The van der Waals surface area contributed by atoms with Gasteiger partial charge in [0, 0.05) is 22.0 Å². The molecule has 0 bridgehead atoms. The first kappa shape index (κ1) is 25.6. The van der Waals surface area contributed by atoms with Crippen LogP contribution in [0.3, 0.4) is 0 Å². The lowest BCUT2D eigenvalue weighted by molar-refractivity contribution is -0.274. The summed E-state index contributed by atoms with van der Waals surface area (Å²) in [6.45, 7) is 0.0351. The van der Waals surface area contributed by atoms with Crippen LogP contribution >= 0.6 is 11.3 Å². The highest BCUT2D eigenvalue weighted by Crippen LogP contribution is 2.32. The van der Waals surface area contributed by atoms with Gasteiger partial charge in [0.1, 0.15) is 23.1 Å². The van der Waals surface area contributed by atoms with E-state index in [4.69, 9.17) is 4.74 Å². The van der Waals surface area contributed by atoms with Crippen LogP contribution < -0.4 is 14.2 Å². The van der Waals surface area contributed by atoms with Gasteiger partial charge in [0.05, 0.1) is 5.69 Å². The number of halogens is 6. The van der Waals surface area contributed by atoms with Crippen molar-refractivity contribution in [2.24, 2.45) is 0 Å². The van der Waals surface area contributed by atoms with Crippen LogP contribution in [0.5, 0.6) is 11.5 Å². The van der Waals surface area contributed by atoms with Crippen molar-refractivity contribution in [1.82, 2.24) is 4.98 Å². The summed E-state index contributed by atoms with van der Waals surface area (Å²) in [6, 6.07) is 13.9. The standard InChI is InChI=1S/C22H14F6N2O4S2/c23-21(24,25)34-17-7-4-13(5-8-17)20-29-16(12-35-20)11-33-19-3-1-2-14-10-15(6-9-18(14)19)30-36(31,32)22(26,27)28/h1-10,12,30H,11H2. The number of thiazole rings is 1. The van der Waals surface area contributed by atoms with Gasteiger partial charge in [-0.1, -0.05) is 12.1 Å². The summed E-state index contributed by atoms with van der Waals surface area (Å²) in [7, 11) is -5.55. The van der Waals surface area contributed by atoms with E-state index in [-0.39, 0.29) is 18.0 Å². The molecule has 0 aliphatic heterocycles. The van der Waals surface area contributed by atoms with E-state index < -0.39 is 21.9 Å². The summed E-state index contributed by atoms with van der Waals surface area (Å²) in [5.74, 6) is 0.0395. The van der Waals surface area contributed by atoms with E-state index in [1.807, 2.05) is 0 Å². The Morgan fingerprint density at radius 3 is 2.33 bits per heavy atom. The molecule has 3 aromatic carbocycles. The third kappa shape index (κ3) is 5.99. The number of sulfonamides is 1. The Morgan fingerprint density at radius 2 is 1.67 bits per heavy atom. The molecular weight excluding hydrogens is 534 g/mol. The van der Waals surface area contributed by atoms with Crippen LogP contribution in [-0.2, 0) is 16.6 Å². The molecule has 190 valence electrons. The monoisotopic (exact) mass is 548 g/mol. The van der Waals surface area contributed by atoms with Crippen LogP contribution in [0.15, 0.2) is 66.0 Å². The number of anilines is 1. The molecule has 4 rings (SSSR count). The lowest BCUT2D eigenvalue weighted by Gasteiger charge is -2.12. The fraction of sp³-hybridized carbons (Fsp3) is 0.136. The van der Waals surface area contributed by atoms with E-state index in [9.17, 15) is 34.8 Å². The van der Waals surface area contributed by atoms with Crippen molar-refractivity contribution in [3.63, 3.8) is 0 Å². The number of nitrogens with zero attached hydrogens (tertiary/aromatic N) is 1. The zero-order chi connectivity index (χ0) is 26.1. The smallest absolute Gasteiger partial charge is 0.487 e. The number of aromatic nitrogens is 1. The molecule has 6 nitrogen and oxygen atoms in total. The number of fused-ring (bicyclic) bond motifs is 1. The SMILES string of the molecule is O=S(=O)(Nc1ccc2c(OCc3csc(-c4ccc(OC(F)(F)F)cc4)n3)cccc2c1)C(F)(F)F. The van der Waals surface area contributed by atoms with Gasteiger partial charge in [-0.05, 0) is 53.9 Å². The van der Waals surface area contributed by atoms with Crippen molar-refractivity contribution in [3.8, 4) is 22.1 Å². The Balaban J connectivity index is 1.46. The summed E-state index contributed by atoms with van der Waals surface area (Å²) in [4.78, 5) is 4.40. The average Bonchev–Trinajstić information content (AvgIpc) is 3.25. The molecule has 0 saturated heterocycles. The second-order valence-corrected chi connectivity index (χ2v) is 9.78. The minimum atomic E-state index is -5.55. The normalized spacial score (nSPS) is 12.5. The Labute approximate surface area is 204 Å². The van der Waals surface area contributed by atoms with Crippen molar-refractivity contribution in [2.75, 3.05) is 4.72 Å². The van der Waals surface area contributed by atoms with Gasteiger partial charge in [-0.3, -0.25) is 4.72 Å². The maximum absolute atomic E-state index is 12.6. The predicted octanol–water partition coefficient (Wildman–Crippen LogP) is 6.70. The minimum Gasteiger partial charge on any atom is -0.487 e. The molecule has 1 heterocycles. The van der Waals surface area contributed by atoms with E-state index in [0.29, 0.717) is 32.8 Å². The molecular formula is C22H14F6N2O4S2. The highest BCUT2D eigenvalue weighted by molar-refractivity contribution is 7.93. The van der Waals surface area contributed by atoms with Gasteiger partial charge in [0.15, 0.2) is 0 Å². The third-order valence-corrected chi connectivity index (χ3v) is 6.71. The molecule has 14 heteroatoms. The largest absolute Gasteiger partial charge is 0.573 e. The fourth-order valence-electron chi connectivity index (χ4n) is 3.11. The number of ether oxygens (including phenoxy) is 2. The van der Waals surface area contributed by atoms with Gasteiger partial charge in [0.25, 0.3) is 0 Å². The zero-order valence-corrected chi connectivity index (χ0v) is 19.4. The molecule has 1 aromatic heterocycles. The zero-order valence-electron chi connectivity index (χ0n) is 17.7. The molecule has 0 saturated carbocycles. The Bertz CT molecular complexity index is 1480. The van der Waals surface area contributed by atoms with Gasteiger partial charge in [0.2, 0.25) is 0 Å².